The van der Waals surface area contributed by atoms with Crippen molar-refractivity contribution in [3.63, 3.8) is 0 Å². The van der Waals surface area contributed by atoms with Crippen LogP contribution in [0.5, 0.6) is 5.75 Å². The summed E-state index contributed by atoms with van der Waals surface area (Å²) < 4.78 is 5.41. The van der Waals surface area contributed by atoms with Gasteiger partial charge in [0, 0.05) is 16.1 Å². The van der Waals surface area contributed by atoms with Crippen LogP contribution < -0.4 is 15.4 Å². The van der Waals surface area contributed by atoms with E-state index in [1.54, 1.807) is 7.11 Å². The number of amides is 1. The third kappa shape index (κ3) is 5.37. The highest BCUT2D eigenvalue weighted by atomic mass is 35.5. The summed E-state index contributed by atoms with van der Waals surface area (Å²) in [6.45, 7) is 4.05. The van der Waals surface area contributed by atoms with Crippen molar-refractivity contribution in [1.29, 1.82) is 0 Å². The number of carbonyl (C=O) groups is 1. The number of methoxy groups -OCH3 is 1. The Morgan fingerprint density at radius 2 is 1.72 bits per heavy atom. The average Bonchev–Trinajstić information content (AvgIpc) is 2.72. The molecule has 3 aromatic rings. The van der Waals surface area contributed by atoms with Crippen LogP contribution in [0.25, 0.3) is 0 Å². The standard InChI is InChI=1S/C24H25ClN2O2/c1-16-12-13-22(29-3)21(14-16)27-24(28)23(18-8-5-4-6-9-18)26-17(2)19-10-7-11-20(25)15-19/h4-15,17,23,26H,1-3H3,(H,27,28)/p+1/t17-,23+/m1/s1. The molecule has 3 rings (SSSR count). The summed E-state index contributed by atoms with van der Waals surface area (Å²) in [4.78, 5) is 13.3. The van der Waals surface area contributed by atoms with Gasteiger partial charge in [0.2, 0.25) is 0 Å². The molecule has 0 fully saturated rings. The summed E-state index contributed by atoms with van der Waals surface area (Å²) in [6.07, 6.45) is 0. The van der Waals surface area contributed by atoms with Gasteiger partial charge in [0.25, 0.3) is 5.91 Å². The molecule has 0 aromatic heterocycles. The van der Waals surface area contributed by atoms with Crippen molar-refractivity contribution in [3.05, 3.63) is 94.5 Å². The molecule has 0 aliphatic rings. The first-order valence-corrected chi connectivity index (χ1v) is 9.96. The van der Waals surface area contributed by atoms with Gasteiger partial charge < -0.3 is 15.4 Å². The normalized spacial score (nSPS) is 12.8. The quantitative estimate of drug-likeness (QED) is 0.596. The number of hydrogen-bond donors (Lipinski definition) is 2. The van der Waals surface area contributed by atoms with Crippen LogP contribution in [0, 0.1) is 6.92 Å². The van der Waals surface area contributed by atoms with Crippen molar-refractivity contribution < 1.29 is 14.8 Å². The molecule has 150 valence electrons. The van der Waals surface area contributed by atoms with Crippen molar-refractivity contribution in [2.75, 3.05) is 12.4 Å². The number of rotatable bonds is 7. The van der Waals surface area contributed by atoms with E-state index in [9.17, 15) is 4.79 Å². The molecule has 0 bridgehead atoms. The Balaban J connectivity index is 1.88. The molecule has 0 saturated carbocycles. The molecule has 3 aromatic carbocycles. The first-order chi connectivity index (χ1) is 14.0. The number of halogens is 1. The van der Waals surface area contributed by atoms with Gasteiger partial charge >= 0.3 is 0 Å². The van der Waals surface area contributed by atoms with Gasteiger partial charge in [-0.1, -0.05) is 60.1 Å². The number of nitrogens with one attached hydrogen (secondary N) is 1. The Labute approximate surface area is 176 Å². The molecular weight excluding hydrogens is 384 g/mol. The van der Waals surface area contributed by atoms with E-state index >= 15 is 0 Å². The first kappa shape index (κ1) is 20.9. The van der Waals surface area contributed by atoms with E-state index in [-0.39, 0.29) is 11.9 Å². The fourth-order valence-electron chi connectivity index (χ4n) is 3.33. The number of carbonyl (C=O) groups excluding carboxylic acids is 1. The molecule has 0 saturated heterocycles. The zero-order valence-electron chi connectivity index (χ0n) is 16.9. The molecule has 0 heterocycles. The van der Waals surface area contributed by atoms with E-state index in [2.05, 4.69) is 17.6 Å². The molecule has 1 amide bonds. The second-order valence-electron chi connectivity index (χ2n) is 7.12. The molecule has 0 unspecified atom stereocenters. The van der Waals surface area contributed by atoms with Crippen LogP contribution in [0.15, 0.2) is 72.8 Å². The maximum Gasteiger partial charge on any atom is 0.287 e. The van der Waals surface area contributed by atoms with E-state index in [0.717, 1.165) is 16.7 Å². The predicted octanol–water partition coefficient (Wildman–Crippen LogP) is 4.66. The highest BCUT2D eigenvalue weighted by Gasteiger charge is 2.27. The highest BCUT2D eigenvalue weighted by molar-refractivity contribution is 6.30. The van der Waals surface area contributed by atoms with Crippen LogP contribution in [0.1, 0.15) is 35.7 Å². The molecule has 0 aliphatic heterocycles. The summed E-state index contributed by atoms with van der Waals surface area (Å²) in [5.41, 5.74) is 3.72. The van der Waals surface area contributed by atoms with Gasteiger partial charge in [0.1, 0.15) is 11.8 Å². The Kier molecular flexibility index (Phi) is 6.91. The average molecular weight is 410 g/mol. The second kappa shape index (κ2) is 9.59. The molecule has 5 heteroatoms. The first-order valence-electron chi connectivity index (χ1n) is 9.59. The number of quaternary nitrogens is 1. The summed E-state index contributed by atoms with van der Waals surface area (Å²) >= 11 is 6.15. The number of hydrogen-bond acceptors (Lipinski definition) is 2. The Morgan fingerprint density at radius 1 is 1.00 bits per heavy atom. The number of ether oxygens (including phenoxy) is 1. The van der Waals surface area contributed by atoms with Crippen LogP contribution in [0.3, 0.4) is 0 Å². The third-order valence-electron chi connectivity index (χ3n) is 4.91. The van der Waals surface area contributed by atoms with Gasteiger partial charge in [0.15, 0.2) is 6.04 Å². The van der Waals surface area contributed by atoms with Crippen LogP contribution in [-0.4, -0.2) is 13.0 Å². The summed E-state index contributed by atoms with van der Waals surface area (Å²) in [5.74, 6) is 0.535. The van der Waals surface area contributed by atoms with Crippen molar-refractivity contribution in [2.24, 2.45) is 0 Å². The lowest BCUT2D eigenvalue weighted by Gasteiger charge is -2.21. The van der Waals surface area contributed by atoms with E-state index in [0.29, 0.717) is 16.5 Å². The second-order valence-corrected chi connectivity index (χ2v) is 7.55. The fourth-order valence-corrected chi connectivity index (χ4v) is 3.53. The third-order valence-corrected chi connectivity index (χ3v) is 5.14. The van der Waals surface area contributed by atoms with Gasteiger partial charge in [0.05, 0.1) is 12.8 Å². The van der Waals surface area contributed by atoms with Crippen molar-refractivity contribution in [2.45, 2.75) is 25.9 Å². The minimum absolute atomic E-state index is 0.0454. The molecular formula is C24H26ClN2O2+. The van der Waals surface area contributed by atoms with E-state index in [4.69, 9.17) is 16.3 Å². The highest BCUT2D eigenvalue weighted by Crippen LogP contribution is 2.26. The lowest BCUT2D eigenvalue weighted by atomic mass is 10.0. The molecule has 0 spiro atoms. The fraction of sp³-hybridized carbons (Fsp3) is 0.208. The molecule has 29 heavy (non-hydrogen) atoms. The zero-order valence-corrected chi connectivity index (χ0v) is 17.6. The largest absolute Gasteiger partial charge is 0.495 e. The van der Waals surface area contributed by atoms with Gasteiger partial charge in [-0.15, -0.1) is 0 Å². The summed E-state index contributed by atoms with van der Waals surface area (Å²) in [5, 5.41) is 5.79. The van der Waals surface area contributed by atoms with E-state index < -0.39 is 6.04 Å². The van der Waals surface area contributed by atoms with E-state index in [1.807, 2.05) is 79.7 Å². The molecule has 0 radical (unpaired) electrons. The van der Waals surface area contributed by atoms with Gasteiger partial charge in [-0.2, -0.15) is 0 Å². The van der Waals surface area contributed by atoms with Crippen LogP contribution in [-0.2, 0) is 4.79 Å². The minimum atomic E-state index is -0.421. The monoisotopic (exact) mass is 409 g/mol. The van der Waals surface area contributed by atoms with Crippen LogP contribution in [0.4, 0.5) is 5.69 Å². The number of nitrogens with two attached hydrogens (primary N) is 1. The number of benzene rings is 3. The lowest BCUT2D eigenvalue weighted by Crippen LogP contribution is -2.87. The maximum atomic E-state index is 13.3. The Hall–Kier alpha value is -2.82. The van der Waals surface area contributed by atoms with Crippen LogP contribution in [0.2, 0.25) is 5.02 Å². The number of aryl methyl sites for hydroxylation is 1. The minimum Gasteiger partial charge on any atom is -0.495 e. The predicted molar refractivity (Wildman–Crippen MR) is 117 cm³/mol. The van der Waals surface area contributed by atoms with Crippen LogP contribution >= 0.6 is 11.6 Å². The molecule has 2 atom stereocenters. The van der Waals surface area contributed by atoms with E-state index in [1.165, 1.54) is 0 Å². The topological polar surface area (TPSA) is 54.9 Å². The summed E-state index contributed by atoms with van der Waals surface area (Å²) in [7, 11) is 1.60. The van der Waals surface area contributed by atoms with Crippen molar-refractivity contribution in [1.82, 2.24) is 0 Å². The molecule has 0 aliphatic carbocycles. The van der Waals surface area contributed by atoms with Gasteiger partial charge in [-0.05, 0) is 43.7 Å². The zero-order chi connectivity index (χ0) is 20.8. The maximum absolute atomic E-state index is 13.3. The van der Waals surface area contributed by atoms with Crippen molar-refractivity contribution in [3.8, 4) is 5.75 Å². The SMILES string of the molecule is COc1ccc(C)cc1NC(=O)[C@@H]([NH2+][C@H](C)c1cccc(Cl)c1)c1ccccc1. The van der Waals surface area contributed by atoms with Gasteiger partial charge in [-0.3, -0.25) is 4.79 Å². The Morgan fingerprint density at radius 3 is 2.41 bits per heavy atom. The number of anilines is 1. The van der Waals surface area contributed by atoms with Gasteiger partial charge in [-0.25, -0.2) is 0 Å². The summed E-state index contributed by atoms with van der Waals surface area (Å²) in [6, 6.07) is 22.9. The Bertz CT molecular complexity index is 976. The lowest BCUT2D eigenvalue weighted by molar-refractivity contribution is -0.718. The smallest absolute Gasteiger partial charge is 0.287 e. The molecule has 3 N–H and O–H groups in total. The van der Waals surface area contributed by atoms with Crippen molar-refractivity contribution >= 4 is 23.2 Å². The molecule has 4 nitrogen and oxygen atoms in total.